The summed E-state index contributed by atoms with van der Waals surface area (Å²) in [4.78, 5) is 25.2. The topological polar surface area (TPSA) is 62.0 Å². The van der Waals surface area contributed by atoms with Crippen LogP contribution in [0.5, 0.6) is 0 Å². The second kappa shape index (κ2) is 5.56. The zero-order chi connectivity index (χ0) is 11.3. The van der Waals surface area contributed by atoms with Crippen molar-refractivity contribution in [1.82, 2.24) is 10.3 Å². The Hall–Kier alpha value is -1.29. The number of hydrogen-bond donors (Lipinski definition) is 2. The van der Waals surface area contributed by atoms with E-state index in [4.69, 9.17) is 11.6 Å². The summed E-state index contributed by atoms with van der Waals surface area (Å²) >= 11 is 5.47. The maximum atomic E-state index is 11.5. The highest BCUT2D eigenvalue weighted by Gasteiger charge is 2.09. The number of carbonyl (C=O) groups excluding carboxylic acids is 2. The van der Waals surface area contributed by atoms with Crippen molar-refractivity contribution in [3.8, 4) is 0 Å². The van der Waals surface area contributed by atoms with E-state index in [-0.39, 0.29) is 11.7 Å². The first-order valence-electron chi connectivity index (χ1n) is 4.68. The molecule has 0 bridgehead atoms. The van der Waals surface area contributed by atoms with Gasteiger partial charge < -0.3 is 10.3 Å². The zero-order valence-electron chi connectivity index (χ0n) is 8.47. The first-order chi connectivity index (χ1) is 7.15. The lowest BCUT2D eigenvalue weighted by Gasteiger charge is -2.00. The predicted molar refractivity (Wildman–Crippen MR) is 58.5 cm³/mol. The van der Waals surface area contributed by atoms with Crippen molar-refractivity contribution in [2.75, 3.05) is 12.4 Å². The third kappa shape index (κ3) is 3.40. The number of alkyl halides is 1. The summed E-state index contributed by atoms with van der Waals surface area (Å²) in [6.07, 6.45) is 2.26. The average Bonchev–Trinajstić information content (AvgIpc) is 2.66. The van der Waals surface area contributed by atoms with Crippen molar-refractivity contribution in [2.24, 2.45) is 0 Å². The normalized spacial score (nSPS) is 10.0. The van der Waals surface area contributed by atoms with Gasteiger partial charge in [0.2, 0.25) is 0 Å². The standard InChI is InChI=1S/C10H13ClN2O2/c1-7(14)8-5-9(13-6-8)10(15)12-4-2-3-11/h5-6,13H,2-4H2,1H3,(H,12,15). The first-order valence-corrected chi connectivity index (χ1v) is 5.22. The molecule has 0 saturated carbocycles. The van der Waals surface area contributed by atoms with E-state index in [2.05, 4.69) is 10.3 Å². The van der Waals surface area contributed by atoms with Crippen LogP contribution in [0.1, 0.15) is 34.2 Å². The molecule has 0 aliphatic heterocycles. The number of nitrogens with one attached hydrogen (secondary N) is 2. The van der Waals surface area contributed by atoms with Gasteiger partial charge in [0.05, 0.1) is 0 Å². The van der Waals surface area contributed by atoms with E-state index in [1.54, 1.807) is 6.07 Å². The van der Waals surface area contributed by atoms with Gasteiger partial charge in [0.15, 0.2) is 5.78 Å². The molecule has 0 spiro atoms. The molecular formula is C10H13ClN2O2. The number of halogens is 1. The van der Waals surface area contributed by atoms with Crippen molar-refractivity contribution in [2.45, 2.75) is 13.3 Å². The number of rotatable bonds is 5. The quantitative estimate of drug-likeness (QED) is 0.457. The number of amides is 1. The van der Waals surface area contributed by atoms with Crippen LogP contribution in [0.2, 0.25) is 0 Å². The molecule has 0 aromatic carbocycles. The molecule has 2 N–H and O–H groups in total. The molecule has 1 aromatic heterocycles. The van der Waals surface area contributed by atoms with Crippen LogP contribution in [-0.4, -0.2) is 29.1 Å². The maximum absolute atomic E-state index is 11.5. The summed E-state index contributed by atoms with van der Waals surface area (Å²) in [6.45, 7) is 2.00. The molecule has 15 heavy (non-hydrogen) atoms. The van der Waals surface area contributed by atoms with Crippen LogP contribution in [0.25, 0.3) is 0 Å². The lowest BCUT2D eigenvalue weighted by molar-refractivity contribution is 0.0949. The van der Waals surface area contributed by atoms with Gasteiger partial charge in [-0.3, -0.25) is 9.59 Å². The summed E-state index contributed by atoms with van der Waals surface area (Å²) < 4.78 is 0. The van der Waals surface area contributed by atoms with Gasteiger partial charge in [-0.15, -0.1) is 11.6 Å². The van der Waals surface area contributed by atoms with E-state index in [1.165, 1.54) is 13.1 Å². The fourth-order valence-corrected chi connectivity index (χ4v) is 1.23. The summed E-state index contributed by atoms with van der Waals surface area (Å²) in [5.41, 5.74) is 0.910. The van der Waals surface area contributed by atoms with Crippen LogP contribution in [0, 0.1) is 0 Å². The van der Waals surface area contributed by atoms with Crippen molar-refractivity contribution >= 4 is 23.3 Å². The van der Waals surface area contributed by atoms with E-state index < -0.39 is 0 Å². The molecule has 0 saturated heterocycles. The van der Waals surface area contributed by atoms with E-state index in [0.29, 0.717) is 23.7 Å². The molecule has 0 atom stereocenters. The fourth-order valence-electron chi connectivity index (χ4n) is 1.09. The fraction of sp³-hybridized carbons (Fsp3) is 0.400. The molecule has 0 unspecified atom stereocenters. The van der Waals surface area contributed by atoms with Gasteiger partial charge in [-0.25, -0.2) is 0 Å². The monoisotopic (exact) mass is 228 g/mol. The number of Topliss-reactive ketones (excluding diaryl/α,β-unsaturated/α-hetero) is 1. The average molecular weight is 229 g/mol. The number of carbonyl (C=O) groups is 2. The van der Waals surface area contributed by atoms with Gasteiger partial charge in [0.1, 0.15) is 5.69 Å². The Morgan fingerprint density at radius 2 is 2.27 bits per heavy atom. The van der Waals surface area contributed by atoms with Gasteiger partial charge in [-0.2, -0.15) is 0 Å². The van der Waals surface area contributed by atoms with Crippen molar-refractivity contribution < 1.29 is 9.59 Å². The number of aromatic nitrogens is 1. The summed E-state index contributed by atoms with van der Waals surface area (Å²) in [7, 11) is 0. The Morgan fingerprint density at radius 3 is 2.80 bits per heavy atom. The van der Waals surface area contributed by atoms with E-state index in [0.717, 1.165) is 6.42 Å². The molecule has 1 heterocycles. The van der Waals surface area contributed by atoms with Crippen LogP contribution in [0.4, 0.5) is 0 Å². The minimum absolute atomic E-state index is 0.0638. The second-order valence-corrected chi connectivity index (χ2v) is 3.53. The van der Waals surface area contributed by atoms with Crippen LogP contribution in [0.3, 0.4) is 0 Å². The molecule has 5 heteroatoms. The smallest absolute Gasteiger partial charge is 0.267 e. The molecule has 0 fully saturated rings. The lowest BCUT2D eigenvalue weighted by Crippen LogP contribution is -2.24. The van der Waals surface area contributed by atoms with Gasteiger partial charge in [0, 0.05) is 24.2 Å². The van der Waals surface area contributed by atoms with Crippen LogP contribution < -0.4 is 5.32 Å². The van der Waals surface area contributed by atoms with E-state index in [9.17, 15) is 9.59 Å². The summed E-state index contributed by atoms with van der Waals surface area (Å²) in [5.74, 6) is 0.239. The predicted octanol–water partition coefficient (Wildman–Crippen LogP) is 1.58. The molecule has 0 aliphatic carbocycles. The lowest BCUT2D eigenvalue weighted by atomic mass is 10.2. The third-order valence-electron chi connectivity index (χ3n) is 1.93. The van der Waals surface area contributed by atoms with E-state index in [1.807, 2.05) is 0 Å². The molecule has 1 amide bonds. The van der Waals surface area contributed by atoms with Gasteiger partial charge in [-0.1, -0.05) is 0 Å². The molecule has 1 aromatic rings. The Labute approximate surface area is 93.0 Å². The van der Waals surface area contributed by atoms with Crippen LogP contribution in [-0.2, 0) is 0 Å². The Balaban J connectivity index is 2.54. The van der Waals surface area contributed by atoms with Crippen molar-refractivity contribution in [3.05, 3.63) is 23.5 Å². The minimum Gasteiger partial charge on any atom is -0.356 e. The molecule has 0 aliphatic rings. The minimum atomic E-state index is -0.215. The zero-order valence-corrected chi connectivity index (χ0v) is 9.23. The highest BCUT2D eigenvalue weighted by Crippen LogP contribution is 2.04. The molecule has 0 radical (unpaired) electrons. The molecule has 82 valence electrons. The van der Waals surface area contributed by atoms with Gasteiger partial charge in [-0.05, 0) is 19.4 Å². The molecular weight excluding hydrogens is 216 g/mol. The van der Waals surface area contributed by atoms with Gasteiger partial charge in [0.25, 0.3) is 5.91 Å². The van der Waals surface area contributed by atoms with Crippen LogP contribution in [0.15, 0.2) is 12.3 Å². The summed E-state index contributed by atoms with van der Waals surface area (Å²) in [5, 5.41) is 2.69. The second-order valence-electron chi connectivity index (χ2n) is 3.16. The molecule has 4 nitrogen and oxygen atoms in total. The number of ketones is 1. The number of hydrogen-bond acceptors (Lipinski definition) is 2. The number of aromatic amines is 1. The van der Waals surface area contributed by atoms with Crippen LogP contribution >= 0.6 is 11.6 Å². The van der Waals surface area contributed by atoms with E-state index >= 15 is 0 Å². The largest absolute Gasteiger partial charge is 0.356 e. The summed E-state index contributed by atoms with van der Waals surface area (Å²) in [6, 6.07) is 1.54. The highest BCUT2D eigenvalue weighted by atomic mass is 35.5. The van der Waals surface area contributed by atoms with Gasteiger partial charge >= 0.3 is 0 Å². The maximum Gasteiger partial charge on any atom is 0.267 e. The van der Waals surface area contributed by atoms with Crippen molar-refractivity contribution in [1.29, 1.82) is 0 Å². The Morgan fingerprint density at radius 1 is 1.53 bits per heavy atom. The third-order valence-corrected chi connectivity index (χ3v) is 2.20. The molecule has 1 rings (SSSR count). The number of H-pyrrole nitrogens is 1. The highest BCUT2D eigenvalue weighted by molar-refractivity contribution is 6.17. The van der Waals surface area contributed by atoms with Crippen molar-refractivity contribution in [3.63, 3.8) is 0 Å². The first kappa shape index (κ1) is 11.8. The Kier molecular flexibility index (Phi) is 4.37. The SMILES string of the molecule is CC(=O)c1c[nH]c(C(=O)NCCCCl)c1. The Bertz CT molecular complexity index is 360.